The van der Waals surface area contributed by atoms with Crippen molar-refractivity contribution in [2.24, 2.45) is 0 Å². The number of aromatic nitrogens is 3. The van der Waals surface area contributed by atoms with Crippen molar-refractivity contribution < 1.29 is 4.74 Å². The Morgan fingerprint density at radius 1 is 1.06 bits per heavy atom. The fourth-order valence-corrected chi connectivity index (χ4v) is 5.16. The van der Waals surface area contributed by atoms with Gasteiger partial charge in [0.25, 0.3) is 0 Å². The summed E-state index contributed by atoms with van der Waals surface area (Å²) in [6, 6.07) is 20.1. The van der Waals surface area contributed by atoms with Crippen molar-refractivity contribution in [1.82, 2.24) is 19.7 Å². The minimum atomic E-state index is 0.680. The van der Waals surface area contributed by atoms with Gasteiger partial charge in [0.1, 0.15) is 5.75 Å². The molecule has 0 spiro atoms. The normalized spacial score (nSPS) is 11.2. The van der Waals surface area contributed by atoms with Gasteiger partial charge in [0.05, 0.1) is 19.3 Å². The molecular weight excluding hydrogens is 448 g/mol. The summed E-state index contributed by atoms with van der Waals surface area (Å²) in [6.45, 7) is 1.55. The van der Waals surface area contributed by atoms with Gasteiger partial charge in [0.2, 0.25) is 0 Å². The van der Waals surface area contributed by atoms with E-state index in [0.717, 1.165) is 45.3 Å². The van der Waals surface area contributed by atoms with E-state index < -0.39 is 0 Å². The Hall–Kier alpha value is -2.32. The fourth-order valence-electron chi connectivity index (χ4n) is 3.25. The zero-order valence-electron chi connectivity index (χ0n) is 17.4. The molecule has 0 unspecified atom stereocenters. The van der Waals surface area contributed by atoms with E-state index in [1.165, 1.54) is 4.88 Å². The Morgan fingerprint density at radius 3 is 2.71 bits per heavy atom. The molecule has 0 saturated carbocycles. The Balaban J connectivity index is 1.61. The van der Waals surface area contributed by atoms with Gasteiger partial charge in [0, 0.05) is 28.3 Å². The van der Waals surface area contributed by atoms with E-state index in [1.54, 1.807) is 30.2 Å². The number of halogens is 1. The first kappa shape index (κ1) is 21.9. The van der Waals surface area contributed by atoms with Crippen LogP contribution in [0.15, 0.2) is 71.2 Å². The molecule has 4 rings (SSSR count). The summed E-state index contributed by atoms with van der Waals surface area (Å²) in [5, 5.41) is 12.7. The van der Waals surface area contributed by atoms with Gasteiger partial charge in [-0.05, 0) is 48.3 Å². The summed E-state index contributed by atoms with van der Waals surface area (Å²) in [5.41, 5.74) is 2.13. The van der Waals surface area contributed by atoms with Crippen LogP contribution in [-0.2, 0) is 18.8 Å². The predicted molar refractivity (Wildman–Crippen MR) is 128 cm³/mol. The number of nitrogens with zero attached hydrogens (tertiary/aromatic N) is 4. The van der Waals surface area contributed by atoms with Crippen LogP contribution in [0.2, 0.25) is 5.02 Å². The second-order valence-corrected chi connectivity index (χ2v) is 9.52. The number of benzene rings is 2. The molecule has 8 heteroatoms. The average Bonchev–Trinajstić information content (AvgIpc) is 3.42. The van der Waals surface area contributed by atoms with E-state index in [9.17, 15) is 0 Å². The van der Waals surface area contributed by atoms with Gasteiger partial charge in [-0.3, -0.25) is 9.47 Å². The maximum absolute atomic E-state index is 6.15. The fraction of sp³-hybridized carbons (Fsp3) is 0.217. The highest BCUT2D eigenvalue weighted by atomic mass is 35.5. The molecule has 0 aliphatic carbocycles. The van der Waals surface area contributed by atoms with Crippen molar-refractivity contribution in [3.8, 4) is 11.4 Å². The second-order valence-electron chi connectivity index (χ2n) is 7.11. The summed E-state index contributed by atoms with van der Waals surface area (Å²) >= 11 is 9.55. The molecule has 2 heterocycles. The zero-order valence-corrected chi connectivity index (χ0v) is 19.8. The first-order valence-corrected chi connectivity index (χ1v) is 12.0. The molecule has 0 aliphatic rings. The summed E-state index contributed by atoms with van der Waals surface area (Å²) in [5.74, 6) is 2.45. The highest BCUT2D eigenvalue weighted by Crippen LogP contribution is 2.28. The van der Waals surface area contributed by atoms with E-state index in [1.807, 2.05) is 36.4 Å². The van der Waals surface area contributed by atoms with Crippen molar-refractivity contribution in [2.45, 2.75) is 24.0 Å². The van der Waals surface area contributed by atoms with Gasteiger partial charge in [-0.2, -0.15) is 0 Å². The number of hydrogen-bond acceptors (Lipinski definition) is 6. The molecule has 160 valence electrons. The van der Waals surface area contributed by atoms with Gasteiger partial charge in [0.15, 0.2) is 11.0 Å². The molecule has 0 amide bonds. The third kappa shape index (κ3) is 5.68. The van der Waals surface area contributed by atoms with E-state index in [-0.39, 0.29) is 0 Å². The number of thiophene rings is 1. The predicted octanol–water partition coefficient (Wildman–Crippen LogP) is 5.92. The molecule has 2 aromatic heterocycles. The molecule has 0 N–H and O–H groups in total. The Labute approximate surface area is 195 Å². The third-order valence-corrected chi connectivity index (χ3v) is 6.78. The summed E-state index contributed by atoms with van der Waals surface area (Å²) < 4.78 is 7.56. The highest BCUT2D eigenvalue weighted by molar-refractivity contribution is 7.98. The number of methoxy groups -OCH3 is 1. The molecule has 0 atom stereocenters. The van der Waals surface area contributed by atoms with Crippen LogP contribution in [0.25, 0.3) is 5.69 Å². The van der Waals surface area contributed by atoms with E-state index in [4.69, 9.17) is 16.3 Å². The van der Waals surface area contributed by atoms with Gasteiger partial charge in [-0.1, -0.05) is 47.6 Å². The minimum absolute atomic E-state index is 0.680. The van der Waals surface area contributed by atoms with Gasteiger partial charge >= 0.3 is 0 Å². The van der Waals surface area contributed by atoms with Crippen molar-refractivity contribution >= 4 is 34.7 Å². The number of rotatable bonds is 9. The van der Waals surface area contributed by atoms with Crippen LogP contribution in [0.3, 0.4) is 0 Å². The molecule has 0 fully saturated rings. The zero-order chi connectivity index (χ0) is 21.6. The van der Waals surface area contributed by atoms with Crippen LogP contribution in [0, 0.1) is 0 Å². The molecule has 0 radical (unpaired) electrons. The van der Waals surface area contributed by atoms with Gasteiger partial charge in [-0.15, -0.1) is 21.5 Å². The first-order chi connectivity index (χ1) is 15.1. The molecule has 0 bridgehead atoms. The maximum atomic E-state index is 6.15. The SMILES string of the molecule is COc1cccc(-n2c(CN(C)Cc3cccs3)nnc2SCc2cccc(Cl)c2)c1. The van der Waals surface area contributed by atoms with Crippen LogP contribution in [0.5, 0.6) is 5.75 Å². The van der Waals surface area contributed by atoms with Crippen molar-refractivity contribution in [3.63, 3.8) is 0 Å². The van der Waals surface area contributed by atoms with Crippen LogP contribution in [0.4, 0.5) is 0 Å². The quantitative estimate of drug-likeness (QED) is 0.284. The molecule has 31 heavy (non-hydrogen) atoms. The monoisotopic (exact) mass is 470 g/mol. The number of hydrogen-bond donors (Lipinski definition) is 0. The lowest BCUT2D eigenvalue weighted by molar-refractivity contribution is 0.310. The number of thioether (sulfide) groups is 1. The maximum Gasteiger partial charge on any atom is 0.196 e. The first-order valence-electron chi connectivity index (χ1n) is 9.79. The topological polar surface area (TPSA) is 43.2 Å². The highest BCUT2D eigenvalue weighted by Gasteiger charge is 2.17. The third-order valence-electron chi connectivity index (χ3n) is 4.69. The van der Waals surface area contributed by atoms with Gasteiger partial charge < -0.3 is 4.74 Å². The largest absolute Gasteiger partial charge is 0.497 e. The van der Waals surface area contributed by atoms with Crippen LogP contribution in [0.1, 0.15) is 16.3 Å². The Kier molecular flexibility index (Phi) is 7.29. The molecule has 0 aliphatic heterocycles. The van der Waals surface area contributed by atoms with Gasteiger partial charge in [-0.25, -0.2) is 0 Å². The van der Waals surface area contributed by atoms with E-state index in [2.05, 4.69) is 56.4 Å². The molecule has 4 aromatic rings. The standard InChI is InChI=1S/C23H23ClN4OS2/c1-27(14-21-10-5-11-30-21)15-22-25-26-23(31-16-17-6-3-7-18(24)12-17)28(22)19-8-4-9-20(13-19)29-2/h3-13H,14-16H2,1-2H3. The Morgan fingerprint density at radius 2 is 1.94 bits per heavy atom. The summed E-state index contributed by atoms with van der Waals surface area (Å²) in [6.07, 6.45) is 0. The average molecular weight is 471 g/mol. The molecule has 5 nitrogen and oxygen atoms in total. The molecule has 0 saturated heterocycles. The summed E-state index contributed by atoms with van der Waals surface area (Å²) in [7, 11) is 3.78. The number of ether oxygens (including phenoxy) is 1. The van der Waals surface area contributed by atoms with Crippen molar-refractivity contribution in [1.29, 1.82) is 0 Å². The van der Waals surface area contributed by atoms with Crippen molar-refractivity contribution in [2.75, 3.05) is 14.2 Å². The van der Waals surface area contributed by atoms with Crippen molar-refractivity contribution in [3.05, 3.63) is 87.3 Å². The molecular formula is C23H23ClN4OS2. The lowest BCUT2D eigenvalue weighted by Crippen LogP contribution is -2.19. The lowest BCUT2D eigenvalue weighted by atomic mass is 10.2. The summed E-state index contributed by atoms with van der Waals surface area (Å²) in [4.78, 5) is 3.57. The van der Waals surface area contributed by atoms with Crippen LogP contribution >= 0.6 is 34.7 Å². The van der Waals surface area contributed by atoms with E-state index in [0.29, 0.717) is 6.54 Å². The Bertz CT molecular complexity index is 1130. The molecule has 2 aromatic carbocycles. The minimum Gasteiger partial charge on any atom is -0.497 e. The smallest absolute Gasteiger partial charge is 0.196 e. The lowest BCUT2D eigenvalue weighted by Gasteiger charge is -2.17. The van der Waals surface area contributed by atoms with E-state index >= 15 is 0 Å². The second kappa shape index (κ2) is 10.3. The van der Waals surface area contributed by atoms with Crippen LogP contribution in [-0.4, -0.2) is 33.8 Å². The van der Waals surface area contributed by atoms with Crippen LogP contribution < -0.4 is 4.74 Å².